The molecule has 1 heterocycles. The first-order valence-corrected chi connectivity index (χ1v) is 17.5. The largest absolute Gasteiger partial charge is 0.348 e. The quantitative estimate of drug-likeness (QED) is 0.200. The van der Waals surface area contributed by atoms with Crippen molar-refractivity contribution in [2.24, 2.45) is 9.98 Å². The fraction of sp³-hybridized carbons (Fsp3) is 0.316. The summed E-state index contributed by atoms with van der Waals surface area (Å²) in [6.45, 7) is 12.8. The first-order chi connectivity index (χ1) is 23.7. The molecule has 0 atom stereocenters. The van der Waals surface area contributed by atoms with Gasteiger partial charge in [0.05, 0.1) is 22.8 Å². The summed E-state index contributed by atoms with van der Waals surface area (Å²) in [5.74, 6) is -3.75. The van der Waals surface area contributed by atoms with Gasteiger partial charge in [-0.2, -0.15) is 4.99 Å². The molecule has 50 heavy (non-hydrogen) atoms. The van der Waals surface area contributed by atoms with E-state index >= 15 is 4.39 Å². The van der Waals surface area contributed by atoms with E-state index in [9.17, 15) is 18.4 Å². The summed E-state index contributed by atoms with van der Waals surface area (Å²) in [5, 5.41) is 3.20. The van der Waals surface area contributed by atoms with Crippen LogP contribution in [0.15, 0.2) is 89.0 Å². The topological polar surface area (TPSA) is 77.4 Å². The van der Waals surface area contributed by atoms with E-state index in [0.717, 1.165) is 41.2 Å². The third-order valence-electron chi connectivity index (χ3n) is 7.71. The number of nitrogens with zero attached hydrogens (tertiary/aromatic N) is 4. The number of alkyl halides is 2. The predicted molar refractivity (Wildman–Crippen MR) is 203 cm³/mol. The maximum atomic E-state index is 15.3. The van der Waals surface area contributed by atoms with Crippen molar-refractivity contribution in [1.82, 2.24) is 4.90 Å². The molecule has 3 aromatic rings. The lowest BCUT2D eigenvalue weighted by molar-refractivity contribution is -0.115. The molecule has 1 aliphatic rings. The molecule has 1 saturated heterocycles. The van der Waals surface area contributed by atoms with Gasteiger partial charge in [0, 0.05) is 42.5 Å². The van der Waals surface area contributed by atoms with E-state index in [4.69, 9.17) is 11.6 Å². The van der Waals surface area contributed by atoms with Crippen LogP contribution in [0.2, 0.25) is 5.02 Å². The van der Waals surface area contributed by atoms with Crippen molar-refractivity contribution >= 4 is 63.3 Å². The number of amides is 3. The summed E-state index contributed by atoms with van der Waals surface area (Å²) in [6, 6.07) is 16.2. The number of allylic oxidation sites excluding steroid dienone is 2. The summed E-state index contributed by atoms with van der Waals surface area (Å²) in [4.78, 5) is 37.5. The highest BCUT2D eigenvalue weighted by Gasteiger charge is 2.32. The lowest BCUT2D eigenvalue weighted by Gasteiger charge is -2.23. The zero-order chi connectivity index (χ0) is 37.2. The fourth-order valence-electron chi connectivity index (χ4n) is 4.99. The van der Waals surface area contributed by atoms with Gasteiger partial charge in [-0.25, -0.2) is 18.0 Å². The number of urea groups is 1. The molecular weight excluding hydrogens is 683 g/mol. The summed E-state index contributed by atoms with van der Waals surface area (Å²) in [6.07, 6.45) is 2.04. The molecule has 0 radical (unpaired) electrons. The highest BCUT2D eigenvalue weighted by atomic mass is 35.5. The van der Waals surface area contributed by atoms with Crippen LogP contribution >= 0.6 is 23.4 Å². The van der Waals surface area contributed by atoms with Crippen LogP contribution in [0.25, 0.3) is 5.70 Å². The molecule has 3 aromatic carbocycles. The molecule has 0 aromatic heterocycles. The van der Waals surface area contributed by atoms with Gasteiger partial charge < -0.3 is 10.2 Å². The van der Waals surface area contributed by atoms with E-state index in [1.165, 1.54) is 17.0 Å². The van der Waals surface area contributed by atoms with Crippen LogP contribution in [-0.2, 0) is 11.2 Å². The van der Waals surface area contributed by atoms with Gasteiger partial charge in [0.2, 0.25) is 11.8 Å². The minimum atomic E-state index is -2.80. The molecule has 1 aliphatic heterocycles. The maximum Gasteiger partial charge on any atom is 0.347 e. The first-order valence-electron chi connectivity index (χ1n) is 16.1. The van der Waals surface area contributed by atoms with Gasteiger partial charge in [0.1, 0.15) is 5.82 Å². The van der Waals surface area contributed by atoms with Crippen LogP contribution in [0.5, 0.6) is 0 Å². The van der Waals surface area contributed by atoms with Crippen LogP contribution in [0.1, 0.15) is 62.8 Å². The van der Waals surface area contributed by atoms with Crippen molar-refractivity contribution in [3.8, 4) is 0 Å². The second-order valence-electron chi connectivity index (χ2n) is 11.5. The summed E-state index contributed by atoms with van der Waals surface area (Å²) < 4.78 is 42.2. The number of thioether (sulfide) groups is 1. The Bertz CT molecular complexity index is 1800. The molecule has 7 nitrogen and oxygen atoms in total. The summed E-state index contributed by atoms with van der Waals surface area (Å²) >= 11 is 7.08. The molecule has 0 unspecified atom stereocenters. The number of nitrogens with one attached hydrogen (secondary N) is 1. The van der Waals surface area contributed by atoms with Crippen molar-refractivity contribution in [3.63, 3.8) is 0 Å². The Labute approximate surface area is 302 Å². The van der Waals surface area contributed by atoms with E-state index in [0.29, 0.717) is 34.0 Å². The van der Waals surface area contributed by atoms with Crippen molar-refractivity contribution in [2.45, 2.75) is 59.8 Å². The van der Waals surface area contributed by atoms with Crippen LogP contribution in [0.3, 0.4) is 0 Å². The Balaban J connectivity index is 0.00000332. The molecule has 0 aliphatic carbocycles. The third-order valence-corrected chi connectivity index (χ3v) is 8.89. The number of anilines is 2. The number of rotatable bonds is 11. The van der Waals surface area contributed by atoms with Gasteiger partial charge in [-0.05, 0) is 86.7 Å². The monoisotopic (exact) mass is 725 g/mol. The Kier molecular flexibility index (Phi) is 14.5. The smallest absolute Gasteiger partial charge is 0.347 e. The van der Waals surface area contributed by atoms with Crippen LogP contribution in [0, 0.1) is 12.7 Å². The van der Waals surface area contributed by atoms with Crippen LogP contribution < -0.4 is 10.2 Å². The highest BCUT2D eigenvalue weighted by molar-refractivity contribution is 8.15. The SMILES string of the molecule is C=C(c1ccc(Cl)cc1)N(C)/C(C)=C/C(=NC)c1ccc(NC(=O)/N=C2\SCC(=O)N2c2cc(C)ccc2CCCC(C)(F)F)c(F)c1.CC. The Hall–Kier alpha value is -4.35. The number of hydrogen-bond donors (Lipinski definition) is 1. The molecule has 0 spiro atoms. The lowest BCUT2D eigenvalue weighted by atomic mass is 10.0. The molecule has 3 amide bonds. The number of aryl methyl sites for hydroxylation is 2. The predicted octanol–water partition coefficient (Wildman–Crippen LogP) is 10.4. The molecule has 12 heteroatoms. The van der Waals surface area contributed by atoms with Crippen LogP contribution in [-0.4, -0.2) is 53.5 Å². The van der Waals surface area contributed by atoms with E-state index in [1.807, 2.05) is 57.8 Å². The number of amidine groups is 1. The van der Waals surface area contributed by atoms with Gasteiger partial charge in [0.15, 0.2) is 5.17 Å². The van der Waals surface area contributed by atoms with Crippen molar-refractivity contribution < 1.29 is 22.8 Å². The van der Waals surface area contributed by atoms with E-state index in [2.05, 4.69) is 21.9 Å². The van der Waals surface area contributed by atoms with E-state index in [1.54, 1.807) is 43.5 Å². The number of carbonyl (C=O) groups is 2. The maximum absolute atomic E-state index is 15.3. The molecule has 4 rings (SSSR count). The van der Waals surface area contributed by atoms with E-state index < -0.39 is 17.8 Å². The fourth-order valence-corrected chi connectivity index (χ4v) is 5.98. The second-order valence-corrected chi connectivity index (χ2v) is 12.9. The zero-order valence-electron chi connectivity index (χ0n) is 29.4. The normalized spacial score (nSPS) is 14.4. The van der Waals surface area contributed by atoms with E-state index in [-0.39, 0.29) is 35.4 Å². The average molecular weight is 726 g/mol. The minimum Gasteiger partial charge on any atom is -0.348 e. The Morgan fingerprint density at radius 2 is 1.78 bits per heavy atom. The number of hydrogen-bond acceptors (Lipinski definition) is 5. The standard InChI is InChI=1S/C36H37ClF3N5O2S.C2H6/c1-22-9-10-26(8-7-17-36(4,39)40)32(18-22)45-33(46)21-48-35(45)43-34(47)42-30-16-13-27(20-29(30)38)31(41-5)19-23(2)44(6)24(3)25-11-14-28(37)15-12-25;1-2/h9-16,18-20H,3,7-8,17,21H2,1-2,4-6H3,(H,42,47);1-2H3/b23-19+,41-31?,43-35-;. The number of carbonyl (C=O) groups excluding carboxylic acids is 2. The molecule has 1 fully saturated rings. The molecular formula is C38H43ClF3N5O2S. The Morgan fingerprint density at radius 3 is 2.40 bits per heavy atom. The average Bonchev–Trinajstić information content (AvgIpc) is 3.43. The zero-order valence-corrected chi connectivity index (χ0v) is 31.0. The summed E-state index contributed by atoms with van der Waals surface area (Å²) in [5.41, 5.74) is 5.35. The van der Waals surface area contributed by atoms with Crippen molar-refractivity contribution in [1.29, 1.82) is 0 Å². The molecule has 266 valence electrons. The van der Waals surface area contributed by atoms with Crippen molar-refractivity contribution in [2.75, 3.05) is 30.1 Å². The molecule has 0 saturated carbocycles. The first kappa shape index (κ1) is 40.1. The van der Waals surface area contributed by atoms with Gasteiger partial charge in [-0.1, -0.05) is 74.1 Å². The second kappa shape index (κ2) is 18.1. The number of halogens is 4. The summed E-state index contributed by atoms with van der Waals surface area (Å²) in [7, 11) is 3.46. The minimum absolute atomic E-state index is 0.0455. The molecule has 0 bridgehead atoms. The Morgan fingerprint density at radius 1 is 1.12 bits per heavy atom. The number of aliphatic imine (C=N–C) groups is 2. The van der Waals surface area contributed by atoms with Gasteiger partial charge in [-0.15, -0.1) is 0 Å². The van der Waals surface area contributed by atoms with Crippen molar-refractivity contribution in [3.05, 3.63) is 112 Å². The molecule has 1 N–H and O–H groups in total. The van der Waals surface area contributed by atoms with Crippen LogP contribution in [0.4, 0.5) is 29.3 Å². The highest BCUT2D eigenvalue weighted by Crippen LogP contribution is 2.33. The number of benzene rings is 3. The lowest BCUT2D eigenvalue weighted by Crippen LogP contribution is -2.31. The van der Waals surface area contributed by atoms with Gasteiger partial charge in [-0.3, -0.25) is 14.7 Å². The van der Waals surface area contributed by atoms with Gasteiger partial charge in [0.25, 0.3) is 0 Å². The third kappa shape index (κ3) is 10.8. The van der Waals surface area contributed by atoms with Gasteiger partial charge >= 0.3 is 6.03 Å².